The fraction of sp³-hybridized carbons (Fsp3) is 0.120. The second-order valence-corrected chi connectivity index (χ2v) is 7.76. The molecule has 0 saturated carbocycles. The molecule has 1 aliphatic heterocycles. The van der Waals surface area contributed by atoms with Gasteiger partial charge in [0.15, 0.2) is 0 Å². The molecule has 2 heterocycles. The van der Waals surface area contributed by atoms with Gasteiger partial charge in [0.2, 0.25) is 0 Å². The molecule has 166 valence electrons. The number of amides is 4. The van der Waals surface area contributed by atoms with E-state index in [1.165, 1.54) is 18.2 Å². The van der Waals surface area contributed by atoms with Crippen LogP contribution in [0.3, 0.4) is 0 Å². The summed E-state index contributed by atoms with van der Waals surface area (Å²) in [5, 5.41) is 11.4. The van der Waals surface area contributed by atoms with Crippen LogP contribution in [0.5, 0.6) is 0 Å². The van der Waals surface area contributed by atoms with Crippen LogP contribution in [-0.4, -0.2) is 33.5 Å². The van der Waals surface area contributed by atoms with Gasteiger partial charge in [0.1, 0.15) is 5.57 Å². The summed E-state index contributed by atoms with van der Waals surface area (Å²) in [6, 6.07) is 14.4. The van der Waals surface area contributed by atoms with Crippen LogP contribution >= 0.6 is 0 Å². The standard InChI is InChI=1S/C25H21N3O5/c1-14-6-4-5-7-21(14)28-23(30)20(22(29)26-25(28)33)13-18-12-15(2)27(16(18)3)19-10-8-17(9-11-19)24(31)32/h4-13H,1-3H3,(H,31,32)(H,26,29,33). The van der Waals surface area contributed by atoms with Crippen LogP contribution in [0.25, 0.3) is 11.8 Å². The number of aryl methyl sites for hydroxylation is 2. The van der Waals surface area contributed by atoms with E-state index in [9.17, 15) is 19.2 Å². The number of benzene rings is 2. The number of nitrogens with one attached hydrogen (secondary N) is 1. The van der Waals surface area contributed by atoms with Gasteiger partial charge < -0.3 is 9.67 Å². The molecule has 0 spiro atoms. The van der Waals surface area contributed by atoms with Crippen molar-refractivity contribution in [2.24, 2.45) is 0 Å². The Morgan fingerprint density at radius 1 is 0.970 bits per heavy atom. The van der Waals surface area contributed by atoms with Gasteiger partial charge in [0, 0.05) is 17.1 Å². The van der Waals surface area contributed by atoms with Crippen molar-refractivity contribution in [2.75, 3.05) is 4.90 Å². The van der Waals surface area contributed by atoms with Crippen LogP contribution < -0.4 is 10.2 Å². The van der Waals surface area contributed by atoms with E-state index in [4.69, 9.17) is 5.11 Å². The number of carbonyl (C=O) groups is 4. The second-order valence-electron chi connectivity index (χ2n) is 7.76. The monoisotopic (exact) mass is 443 g/mol. The number of nitrogens with zero attached hydrogens (tertiary/aromatic N) is 2. The number of carboxylic acids is 1. The zero-order valence-electron chi connectivity index (χ0n) is 18.2. The summed E-state index contributed by atoms with van der Waals surface area (Å²) in [5.41, 5.74) is 4.11. The number of carbonyl (C=O) groups excluding carboxylic acids is 3. The van der Waals surface area contributed by atoms with E-state index in [0.29, 0.717) is 11.3 Å². The van der Waals surface area contributed by atoms with Gasteiger partial charge in [0.05, 0.1) is 11.3 Å². The lowest BCUT2D eigenvalue weighted by Gasteiger charge is -2.27. The van der Waals surface area contributed by atoms with Crippen molar-refractivity contribution in [3.05, 3.63) is 88.2 Å². The average molecular weight is 443 g/mol. The smallest absolute Gasteiger partial charge is 0.335 e. The lowest BCUT2D eigenvalue weighted by Crippen LogP contribution is -2.54. The molecule has 4 amide bonds. The molecule has 33 heavy (non-hydrogen) atoms. The zero-order chi connectivity index (χ0) is 23.9. The molecule has 2 N–H and O–H groups in total. The number of hydrogen-bond donors (Lipinski definition) is 2. The highest BCUT2D eigenvalue weighted by Crippen LogP contribution is 2.27. The Morgan fingerprint density at radius 3 is 2.27 bits per heavy atom. The van der Waals surface area contributed by atoms with Crippen LogP contribution in [0.1, 0.15) is 32.9 Å². The number of anilines is 1. The predicted molar refractivity (Wildman–Crippen MR) is 122 cm³/mol. The third-order valence-electron chi connectivity index (χ3n) is 5.60. The summed E-state index contributed by atoms with van der Waals surface area (Å²) in [5.74, 6) is -2.47. The number of urea groups is 1. The van der Waals surface area contributed by atoms with E-state index >= 15 is 0 Å². The zero-order valence-corrected chi connectivity index (χ0v) is 18.2. The Kier molecular flexibility index (Phi) is 5.43. The fourth-order valence-corrected chi connectivity index (χ4v) is 3.93. The quantitative estimate of drug-likeness (QED) is 0.471. The Morgan fingerprint density at radius 2 is 1.64 bits per heavy atom. The van der Waals surface area contributed by atoms with E-state index < -0.39 is 23.8 Å². The number of aromatic carboxylic acids is 1. The van der Waals surface area contributed by atoms with Gasteiger partial charge in [-0.25, -0.2) is 14.5 Å². The number of rotatable bonds is 4. The molecule has 0 unspecified atom stereocenters. The fourth-order valence-electron chi connectivity index (χ4n) is 3.93. The Labute approximate surface area is 189 Å². The molecule has 8 nitrogen and oxygen atoms in total. The maximum Gasteiger partial charge on any atom is 0.335 e. The predicted octanol–water partition coefficient (Wildman–Crippen LogP) is 3.77. The maximum absolute atomic E-state index is 13.2. The normalized spacial score (nSPS) is 15.2. The third kappa shape index (κ3) is 3.82. The van der Waals surface area contributed by atoms with Gasteiger partial charge in [-0.3, -0.25) is 14.9 Å². The first kappa shape index (κ1) is 21.8. The summed E-state index contributed by atoms with van der Waals surface area (Å²) < 4.78 is 1.90. The number of carboxylic acid groups (broad SMARTS) is 1. The molecule has 0 aliphatic carbocycles. The largest absolute Gasteiger partial charge is 0.478 e. The first-order valence-electron chi connectivity index (χ1n) is 10.2. The molecule has 4 rings (SSSR count). The molecule has 1 aromatic heterocycles. The second kappa shape index (κ2) is 8.23. The van der Waals surface area contributed by atoms with E-state index in [1.54, 1.807) is 43.3 Å². The first-order valence-corrected chi connectivity index (χ1v) is 10.2. The molecule has 8 heteroatoms. The van der Waals surface area contributed by atoms with E-state index in [0.717, 1.165) is 27.5 Å². The summed E-state index contributed by atoms with van der Waals surface area (Å²) in [6.07, 6.45) is 1.47. The van der Waals surface area contributed by atoms with E-state index in [1.807, 2.05) is 24.5 Å². The van der Waals surface area contributed by atoms with Gasteiger partial charge in [0.25, 0.3) is 11.8 Å². The lowest BCUT2D eigenvalue weighted by molar-refractivity contribution is -0.122. The molecule has 0 radical (unpaired) electrons. The van der Waals surface area contributed by atoms with Crippen molar-refractivity contribution >= 4 is 35.6 Å². The van der Waals surface area contributed by atoms with Crippen molar-refractivity contribution in [1.82, 2.24) is 9.88 Å². The van der Waals surface area contributed by atoms with Crippen molar-refractivity contribution < 1.29 is 24.3 Å². The molecule has 0 bridgehead atoms. The molecular weight excluding hydrogens is 422 g/mol. The van der Waals surface area contributed by atoms with Crippen LogP contribution in [0, 0.1) is 20.8 Å². The molecule has 3 aromatic rings. The number of aromatic nitrogens is 1. The Bertz CT molecular complexity index is 1350. The number of hydrogen-bond acceptors (Lipinski definition) is 4. The van der Waals surface area contributed by atoms with Crippen LogP contribution in [0.15, 0.2) is 60.2 Å². The van der Waals surface area contributed by atoms with Crippen LogP contribution in [0.4, 0.5) is 10.5 Å². The third-order valence-corrected chi connectivity index (χ3v) is 5.60. The Hall–Kier alpha value is -4.46. The molecule has 0 atom stereocenters. The van der Waals surface area contributed by atoms with Gasteiger partial charge in [-0.15, -0.1) is 0 Å². The minimum absolute atomic E-state index is 0.153. The summed E-state index contributed by atoms with van der Waals surface area (Å²) >= 11 is 0. The molecule has 1 saturated heterocycles. The van der Waals surface area contributed by atoms with Crippen molar-refractivity contribution in [3.63, 3.8) is 0 Å². The SMILES string of the molecule is Cc1ccccc1N1C(=O)NC(=O)C(=Cc2cc(C)n(-c3ccc(C(=O)O)cc3)c2C)C1=O. The highest BCUT2D eigenvalue weighted by atomic mass is 16.4. The van der Waals surface area contributed by atoms with Crippen molar-refractivity contribution in [3.8, 4) is 5.69 Å². The Balaban J connectivity index is 1.75. The minimum atomic E-state index is -1.01. The molecule has 1 aliphatic rings. The average Bonchev–Trinajstić information content (AvgIpc) is 3.05. The number of para-hydroxylation sites is 1. The van der Waals surface area contributed by atoms with Gasteiger partial charge in [-0.2, -0.15) is 0 Å². The van der Waals surface area contributed by atoms with E-state index in [2.05, 4.69) is 5.32 Å². The minimum Gasteiger partial charge on any atom is -0.478 e. The topological polar surface area (TPSA) is 109 Å². The highest BCUT2D eigenvalue weighted by molar-refractivity contribution is 6.39. The van der Waals surface area contributed by atoms with Crippen molar-refractivity contribution in [2.45, 2.75) is 20.8 Å². The van der Waals surface area contributed by atoms with Crippen molar-refractivity contribution in [1.29, 1.82) is 0 Å². The van der Waals surface area contributed by atoms with Gasteiger partial charge in [-0.05, 0) is 74.4 Å². The van der Waals surface area contributed by atoms with Crippen LogP contribution in [-0.2, 0) is 9.59 Å². The summed E-state index contributed by atoms with van der Waals surface area (Å²) in [6.45, 7) is 5.48. The molecular formula is C25H21N3O5. The van der Waals surface area contributed by atoms with Crippen LogP contribution in [0.2, 0.25) is 0 Å². The van der Waals surface area contributed by atoms with Gasteiger partial charge in [-0.1, -0.05) is 18.2 Å². The van der Waals surface area contributed by atoms with E-state index in [-0.39, 0.29) is 11.1 Å². The molecule has 2 aromatic carbocycles. The maximum atomic E-state index is 13.2. The number of barbiturate groups is 1. The summed E-state index contributed by atoms with van der Waals surface area (Å²) in [7, 11) is 0. The summed E-state index contributed by atoms with van der Waals surface area (Å²) in [4.78, 5) is 50.3. The first-order chi connectivity index (χ1) is 15.7. The lowest BCUT2D eigenvalue weighted by atomic mass is 10.1. The molecule has 1 fully saturated rings. The highest BCUT2D eigenvalue weighted by Gasteiger charge is 2.37. The van der Waals surface area contributed by atoms with Gasteiger partial charge >= 0.3 is 12.0 Å². The number of imide groups is 2.